The molecule has 0 amide bonds. The van der Waals surface area contributed by atoms with Gasteiger partial charge in [-0.05, 0) is 31.0 Å². The maximum absolute atomic E-state index is 12.7. The minimum Gasteiger partial charge on any atom is -0.356 e. The van der Waals surface area contributed by atoms with Gasteiger partial charge in [-0.2, -0.15) is 13.2 Å². The first-order valence-corrected chi connectivity index (χ1v) is 9.22. The molecule has 0 unspecified atom stereocenters. The lowest BCUT2D eigenvalue weighted by Gasteiger charge is -2.23. The molecule has 0 fully saturated rings. The fourth-order valence-corrected chi connectivity index (χ4v) is 2.57. The highest BCUT2D eigenvalue weighted by Gasteiger charge is 2.29. The second kappa shape index (κ2) is 9.57. The first-order chi connectivity index (χ1) is 13.2. The highest BCUT2D eigenvalue weighted by atomic mass is 19.4. The monoisotopic (exact) mass is 396 g/mol. The fourth-order valence-electron chi connectivity index (χ4n) is 2.57. The lowest BCUT2D eigenvalue weighted by molar-refractivity contribution is -0.137. The van der Waals surface area contributed by atoms with Crippen molar-refractivity contribution in [2.75, 3.05) is 13.6 Å². The molecule has 28 heavy (non-hydrogen) atoms. The maximum atomic E-state index is 12.7. The second-order valence-electron chi connectivity index (χ2n) is 6.69. The summed E-state index contributed by atoms with van der Waals surface area (Å²) in [5, 5.41) is 11.5. The van der Waals surface area contributed by atoms with Crippen LogP contribution in [0, 0.1) is 6.92 Å². The van der Waals surface area contributed by atoms with Crippen molar-refractivity contribution >= 4 is 5.96 Å². The van der Waals surface area contributed by atoms with Crippen LogP contribution >= 0.6 is 0 Å². The molecule has 1 heterocycles. The summed E-state index contributed by atoms with van der Waals surface area (Å²) in [6, 6.07) is 5.20. The molecular weight excluding hydrogens is 369 g/mol. The Bertz CT molecular complexity index is 780. The molecule has 2 rings (SSSR count). The first kappa shape index (κ1) is 21.7. The van der Waals surface area contributed by atoms with Crippen molar-refractivity contribution in [1.29, 1.82) is 0 Å². The standard InChI is InChI=1S/C19H27F3N6/c1-5-6-11-23-18(24-12-17-26-25-14(2)28(17)4)27(3)13-15-7-9-16(10-8-15)19(20,21)22/h7-10H,5-6,11-13H2,1-4H3,(H,23,24). The summed E-state index contributed by atoms with van der Waals surface area (Å²) in [6.45, 7) is 5.55. The van der Waals surface area contributed by atoms with Gasteiger partial charge in [0.15, 0.2) is 11.8 Å². The van der Waals surface area contributed by atoms with Gasteiger partial charge in [-0.3, -0.25) is 0 Å². The zero-order chi connectivity index (χ0) is 20.7. The number of unbranched alkanes of at least 4 members (excludes halogenated alkanes) is 1. The molecule has 0 bridgehead atoms. The number of benzene rings is 1. The van der Waals surface area contributed by atoms with Gasteiger partial charge in [0.2, 0.25) is 0 Å². The molecule has 0 aliphatic heterocycles. The van der Waals surface area contributed by atoms with Crippen molar-refractivity contribution < 1.29 is 13.2 Å². The number of hydrogen-bond acceptors (Lipinski definition) is 3. The second-order valence-corrected chi connectivity index (χ2v) is 6.69. The molecule has 1 N–H and O–H groups in total. The van der Waals surface area contributed by atoms with Crippen molar-refractivity contribution in [2.24, 2.45) is 12.0 Å². The number of guanidine groups is 1. The summed E-state index contributed by atoms with van der Waals surface area (Å²) in [6.07, 6.45) is -2.28. The van der Waals surface area contributed by atoms with Gasteiger partial charge in [0.1, 0.15) is 12.4 Å². The molecular formula is C19H27F3N6. The third-order valence-electron chi connectivity index (χ3n) is 4.43. The predicted molar refractivity (Wildman–Crippen MR) is 103 cm³/mol. The Hall–Kier alpha value is -2.58. The minimum atomic E-state index is -4.33. The minimum absolute atomic E-state index is 0.364. The highest BCUT2D eigenvalue weighted by molar-refractivity contribution is 5.79. The van der Waals surface area contributed by atoms with Crippen molar-refractivity contribution in [2.45, 2.75) is 46.0 Å². The molecule has 0 radical (unpaired) electrons. The van der Waals surface area contributed by atoms with E-state index in [1.165, 1.54) is 12.1 Å². The summed E-state index contributed by atoms with van der Waals surface area (Å²) in [4.78, 5) is 6.51. The Morgan fingerprint density at radius 2 is 1.89 bits per heavy atom. The van der Waals surface area contributed by atoms with Crippen LogP contribution in [0.15, 0.2) is 29.3 Å². The van der Waals surface area contributed by atoms with E-state index in [-0.39, 0.29) is 0 Å². The topological polar surface area (TPSA) is 58.3 Å². The number of nitrogens with one attached hydrogen (secondary N) is 1. The lowest BCUT2D eigenvalue weighted by Crippen LogP contribution is -2.39. The van der Waals surface area contributed by atoms with Gasteiger partial charge < -0.3 is 14.8 Å². The van der Waals surface area contributed by atoms with Crippen LogP contribution in [0.3, 0.4) is 0 Å². The van der Waals surface area contributed by atoms with E-state index in [0.29, 0.717) is 19.0 Å². The van der Waals surface area contributed by atoms with E-state index in [0.717, 1.165) is 48.7 Å². The molecule has 0 saturated carbocycles. The van der Waals surface area contributed by atoms with E-state index in [2.05, 4.69) is 27.4 Å². The molecule has 2 aromatic rings. The largest absolute Gasteiger partial charge is 0.416 e. The van der Waals surface area contributed by atoms with E-state index in [4.69, 9.17) is 0 Å². The SMILES string of the molecule is CCCCNC(=NCc1nnc(C)n1C)N(C)Cc1ccc(C(F)(F)F)cc1. The average Bonchev–Trinajstić information content (AvgIpc) is 2.96. The summed E-state index contributed by atoms with van der Waals surface area (Å²) >= 11 is 0. The molecule has 1 aromatic carbocycles. The average molecular weight is 396 g/mol. The Labute approximate surface area is 163 Å². The number of alkyl halides is 3. The zero-order valence-electron chi connectivity index (χ0n) is 16.7. The Kier molecular flexibility index (Phi) is 7.42. The van der Waals surface area contributed by atoms with Gasteiger partial charge in [-0.25, -0.2) is 4.99 Å². The van der Waals surface area contributed by atoms with Crippen LogP contribution in [0.5, 0.6) is 0 Å². The molecule has 0 aliphatic carbocycles. The van der Waals surface area contributed by atoms with E-state index >= 15 is 0 Å². The third-order valence-corrected chi connectivity index (χ3v) is 4.43. The molecule has 0 spiro atoms. The zero-order valence-corrected chi connectivity index (χ0v) is 16.7. The number of nitrogens with zero attached hydrogens (tertiary/aromatic N) is 5. The van der Waals surface area contributed by atoms with E-state index in [9.17, 15) is 13.2 Å². The normalized spacial score (nSPS) is 12.3. The quantitative estimate of drug-likeness (QED) is 0.442. The molecule has 9 heteroatoms. The summed E-state index contributed by atoms with van der Waals surface area (Å²) in [7, 11) is 3.74. The van der Waals surface area contributed by atoms with Crippen molar-refractivity contribution in [1.82, 2.24) is 25.0 Å². The van der Waals surface area contributed by atoms with Gasteiger partial charge in [0.05, 0.1) is 5.56 Å². The fraction of sp³-hybridized carbons (Fsp3) is 0.526. The van der Waals surface area contributed by atoms with E-state index in [1.807, 2.05) is 30.5 Å². The number of halogens is 3. The predicted octanol–water partition coefficient (Wildman–Crippen LogP) is 3.52. The Morgan fingerprint density at radius 3 is 2.43 bits per heavy atom. The van der Waals surface area contributed by atoms with Gasteiger partial charge in [0.25, 0.3) is 0 Å². The summed E-state index contributed by atoms with van der Waals surface area (Å²) in [5.41, 5.74) is 0.126. The highest BCUT2D eigenvalue weighted by Crippen LogP contribution is 2.29. The maximum Gasteiger partial charge on any atom is 0.416 e. The van der Waals surface area contributed by atoms with Crippen LogP contribution in [0.2, 0.25) is 0 Å². The van der Waals surface area contributed by atoms with Crippen LogP contribution in [-0.4, -0.2) is 39.2 Å². The molecule has 0 saturated heterocycles. The van der Waals surface area contributed by atoms with E-state index in [1.54, 1.807) is 0 Å². The number of aliphatic imine (C=N–C) groups is 1. The number of aryl methyl sites for hydroxylation is 1. The summed E-state index contributed by atoms with van der Waals surface area (Å²) in [5.74, 6) is 2.23. The van der Waals surface area contributed by atoms with Gasteiger partial charge >= 0.3 is 6.18 Å². The van der Waals surface area contributed by atoms with Crippen LogP contribution < -0.4 is 5.32 Å². The first-order valence-electron chi connectivity index (χ1n) is 9.22. The molecule has 0 aliphatic rings. The smallest absolute Gasteiger partial charge is 0.356 e. The lowest BCUT2D eigenvalue weighted by atomic mass is 10.1. The van der Waals surface area contributed by atoms with Gasteiger partial charge in [-0.1, -0.05) is 25.5 Å². The summed E-state index contributed by atoms with van der Waals surface area (Å²) < 4.78 is 40.1. The van der Waals surface area contributed by atoms with Crippen molar-refractivity contribution in [3.05, 3.63) is 47.0 Å². The van der Waals surface area contributed by atoms with Crippen molar-refractivity contribution in [3.63, 3.8) is 0 Å². The van der Waals surface area contributed by atoms with Crippen LogP contribution in [0.25, 0.3) is 0 Å². The molecule has 154 valence electrons. The van der Waals surface area contributed by atoms with Crippen LogP contribution in [-0.2, 0) is 26.3 Å². The third kappa shape index (κ3) is 5.97. The van der Waals surface area contributed by atoms with Crippen LogP contribution in [0.4, 0.5) is 13.2 Å². The van der Waals surface area contributed by atoms with Gasteiger partial charge in [-0.15, -0.1) is 10.2 Å². The van der Waals surface area contributed by atoms with Crippen LogP contribution in [0.1, 0.15) is 42.5 Å². The Morgan fingerprint density at radius 1 is 1.21 bits per heavy atom. The van der Waals surface area contributed by atoms with Gasteiger partial charge in [0, 0.05) is 27.2 Å². The molecule has 0 atom stereocenters. The Balaban J connectivity index is 2.10. The molecule has 6 nitrogen and oxygen atoms in total. The van der Waals surface area contributed by atoms with Crippen molar-refractivity contribution in [3.8, 4) is 0 Å². The number of hydrogen-bond donors (Lipinski definition) is 1. The molecule has 1 aromatic heterocycles. The number of rotatable bonds is 7. The number of aromatic nitrogens is 3. The van der Waals surface area contributed by atoms with E-state index < -0.39 is 11.7 Å².